The molecule has 2 aromatic heterocycles. The predicted molar refractivity (Wildman–Crippen MR) is 88.8 cm³/mol. The molecule has 2 aromatic rings. The van der Waals surface area contributed by atoms with Gasteiger partial charge in [-0.15, -0.1) is 11.3 Å². The molecule has 4 nitrogen and oxygen atoms in total. The highest BCUT2D eigenvalue weighted by Crippen LogP contribution is 2.12. The summed E-state index contributed by atoms with van der Waals surface area (Å²) in [6.07, 6.45) is 12.8. The molecule has 0 spiro atoms. The monoisotopic (exact) mass is 304 g/mol. The molecule has 0 radical (unpaired) electrons. The Kier molecular flexibility index (Phi) is 7.15. The number of hydrogen-bond acceptors (Lipinski definition) is 5. The van der Waals surface area contributed by atoms with E-state index in [1.165, 1.54) is 37.8 Å². The van der Waals surface area contributed by atoms with Crippen molar-refractivity contribution in [2.75, 3.05) is 18.0 Å². The summed E-state index contributed by atoms with van der Waals surface area (Å²) < 4.78 is 0. The van der Waals surface area contributed by atoms with Gasteiger partial charge in [-0.3, -0.25) is 4.98 Å². The van der Waals surface area contributed by atoms with Crippen molar-refractivity contribution in [1.29, 1.82) is 0 Å². The first-order chi connectivity index (χ1) is 10.4. The van der Waals surface area contributed by atoms with Crippen molar-refractivity contribution in [3.63, 3.8) is 0 Å². The Morgan fingerprint density at radius 2 is 1.95 bits per heavy atom. The maximum absolute atomic E-state index is 4.44. The second kappa shape index (κ2) is 9.45. The normalized spacial score (nSPS) is 10.7. The van der Waals surface area contributed by atoms with Gasteiger partial charge in [0.15, 0.2) is 0 Å². The molecule has 0 bridgehead atoms. The minimum atomic E-state index is 0.955. The number of hydrogen-bond donors (Lipinski definition) is 0. The van der Waals surface area contributed by atoms with Crippen LogP contribution in [-0.2, 0) is 6.42 Å². The van der Waals surface area contributed by atoms with Gasteiger partial charge in [0.05, 0.1) is 17.4 Å². The van der Waals surface area contributed by atoms with E-state index in [1.54, 1.807) is 23.7 Å². The molecule has 0 fully saturated rings. The topological polar surface area (TPSA) is 41.9 Å². The summed E-state index contributed by atoms with van der Waals surface area (Å²) in [4.78, 5) is 15.3. The zero-order chi connectivity index (χ0) is 14.8. The smallest absolute Gasteiger partial charge is 0.147 e. The van der Waals surface area contributed by atoms with E-state index in [1.807, 2.05) is 11.7 Å². The fourth-order valence-electron chi connectivity index (χ4n) is 2.31. The zero-order valence-electron chi connectivity index (χ0n) is 12.7. The lowest BCUT2D eigenvalue weighted by Crippen LogP contribution is -2.28. The summed E-state index contributed by atoms with van der Waals surface area (Å²) in [6.45, 7) is 4.25. The van der Waals surface area contributed by atoms with Crippen molar-refractivity contribution in [2.45, 2.75) is 45.4 Å². The third kappa shape index (κ3) is 5.79. The average molecular weight is 304 g/mol. The fraction of sp³-hybridized carbons (Fsp3) is 0.562. The van der Waals surface area contributed by atoms with Gasteiger partial charge in [0.25, 0.3) is 0 Å². The van der Waals surface area contributed by atoms with Gasteiger partial charge >= 0.3 is 0 Å². The first kappa shape index (κ1) is 15.9. The molecular weight excluding hydrogens is 280 g/mol. The van der Waals surface area contributed by atoms with Crippen LogP contribution < -0.4 is 4.90 Å². The van der Waals surface area contributed by atoms with E-state index in [9.17, 15) is 0 Å². The van der Waals surface area contributed by atoms with Crippen LogP contribution in [0.3, 0.4) is 0 Å². The van der Waals surface area contributed by atoms with Crippen LogP contribution in [0.5, 0.6) is 0 Å². The van der Waals surface area contributed by atoms with E-state index < -0.39 is 0 Å². The maximum atomic E-state index is 4.44. The molecule has 0 aliphatic heterocycles. The molecule has 2 heterocycles. The quantitative estimate of drug-likeness (QED) is 0.623. The van der Waals surface area contributed by atoms with Crippen molar-refractivity contribution in [3.8, 4) is 0 Å². The summed E-state index contributed by atoms with van der Waals surface area (Å²) in [5.74, 6) is 0.975. The van der Waals surface area contributed by atoms with Gasteiger partial charge in [0.2, 0.25) is 0 Å². The summed E-state index contributed by atoms with van der Waals surface area (Å²) in [7, 11) is 0. The van der Waals surface area contributed by atoms with E-state index in [0.29, 0.717) is 0 Å². The molecule has 0 amide bonds. The first-order valence-electron chi connectivity index (χ1n) is 7.78. The Hall–Kier alpha value is -1.49. The molecule has 21 heavy (non-hydrogen) atoms. The summed E-state index contributed by atoms with van der Waals surface area (Å²) >= 11 is 1.66. The molecule has 5 heteroatoms. The Bertz CT molecular complexity index is 472. The molecule has 0 aromatic carbocycles. The second-order valence-electron chi connectivity index (χ2n) is 5.19. The van der Waals surface area contributed by atoms with Gasteiger partial charge in [-0.05, 0) is 6.42 Å². The lowest BCUT2D eigenvalue weighted by molar-refractivity contribution is 0.614. The molecule has 114 valence electrons. The highest BCUT2D eigenvalue weighted by atomic mass is 32.1. The summed E-state index contributed by atoms with van der Waals surface area (Å²) in [6, 6.07) is 0. The third-order valence-electron chi connectivity index (χ3n) is 3.53. The molecule has 0 saturated heterocycles. The summed E-state index contributed by atoms with van der Waals surface area (Å²) in [5, 5.41) is 2.12. The van der Waals surface area contributed by atoms with Crippen LogP contribution in [0.1, 0.15) is 44.7 Å². The molecule has 0 atom stereocenters. The Morgan fingerprint density at radius 3 is 2.67 bits per heavy atom. The average Bonchev–Trinajstić information content (AvgIpc) is 3.04. The minimum absolute atomic E-state index is 0.955. The van der Waals surface area contributed by atoms with Crippen LogP contribution in [0, 0.1) is 0 Å². The number of nitrogens with zero attached hydrogens (tertiary/aromatic N) is 4. The van der Waals surface area contributed by atoms with Crippen LogP contribution in [0.4, 0.5) is 5.82 Å². The molecular formula is C16H24N4S. The Balaban J connectivity index is 1.84. The van der Waals surface area contributed by atoms with Crippen molar-refractivity contribution in [2.24, 2.45) is 0 Å². The van der Waals surface area contributed by atoms with Gasteiger partial charge in [-0.25, -0.2) is 9.97 Å². The van der Waals surface area contributed by atoms with Crippen molar-refractivity contribution < 1.29 is 0 Å². The van der Waals surface area contributed by atoms with Crippen LogP contribution in [0.15, 0.2) is 29.5 Å². The van der Waals surface area contributed by atoms with Crippen molar-refractivity contribution in [3.05, 3.63) is 35.2 Å². The second-order valence-corrected chi connectivity index (χ2v) is 5.91. The Labute approximate surface area is 131 Å². The van der Waals surface area contributed by atoms with Crippen LogP contribution >= 0.6 is 11.3 Å². The van der Waals surface area contributed by atoms with Crippen LogP contribution in [0.25, 0.3) is 0 Å². The number of rotatable bonds is 10. The number of unbranched alkanes of at least 4 members (excludes halogenated alkanes) is 4. The molecule has 0 unspecified atom stereocenters. The molecule has 0 aliphatic rings. The van der Waals surface area contributed by atoms with Crippen LogP contribution in [-0.4, -0.2) is 28.0 Å². The SMILES string of the molecule is CCCCCCCN(CCc1cscn1)c1cnccn1. The minimum Gasteiger partial charge on any atom is -0.355 e. The largest absolute Gasteiger partial charge is 0.355 e. The number of anilines is 1. The zero-order valence-corrected chi connectivity index (χ0v) is 13.6. The lowest BCUT2D eigenvalue weighted by atomic mass is 10.1. The van der Waals surface area contributed by atoms with Crippen molar-refractivity contribution in [1.82, 2.24) is 15.0 Å². The van der Waals surface area contributed by atoms with Gasteiger partial charge in [-0.2, -0.15) is 0 Å². The molecule has 0 N–H and O–H groups in total. The standard InChI is InChI=1S/C16H24N4S/c1-2-3-4-5-6-10-20(16-12-17-8-9-18-16)11-7-15-13-21-14-19-15/h8-9,12-14H,2-7,10-11H2,1H3. The van der Waals surface area contributed by atoms with Gasteiger partial charge < -0.3 is 4.90 Å². The van der Waals surface area contributed by atoms with Gasteiger partial charge in [0.1, 0.15) is 5.82 Å². The number of aromatic nitrogens is 3. The molecule has 2 rings (SSSR count). The molecule has 0 saturated carbocycles. The van der Waals surface area contributed by atoms with Crippen molar-refractivity contribution >= 4 is 17.2 Å². The van der Waals surface area contributed by atoms with Crippen LogP contribution in [0.2, 0.25) is 0 Å². The van der Waals surface area contributed by atoms with Gasteiger partial charge in [0, 0.05) is 37.3 Å². The lowest BCUT2D eigenvalue weighted by Gasteiger charge is -2.23. The van der Waals surface area contributed by atoms with E-state index in [-0.39, 0.29) is 0 Å². The summed E-state index contributed by atoms with van der Waals surface area (Å²) in [5.41, 5.74) is 3.06. The highest BCUT2D eigenvalue weighted by Gasteiger charge is 2.08. The molecule has 0 aliphatic carbocycles. The predicted octanol–water partition coefficient (Wildman–Crippen LogP) is 3.95. The first-order valence-corrected chi connectivity index (χ1v) is 8.72. The maximum Gasteiger partial charge on any atom is 0.147 e. The fourth-order valence-corrected chi connectivity index (χ4v) is 2.91. The van der Waals surface area contributed by atoms with E-state index in [0.717, 1.165) is 25.3 Å². The van der Waals surface area contributed by atoms with Gasteiger partial charge in [-0.1, -0.05) is 32.6 Å². The van der Waals surface area contributed by atoms with E-state index in [2.05, 4.69) is 32.2 Å². The number of thiazole rings is 1. The highest BCUT2D eigenvalue weighted by molar-refractivity contribution is 7.07. The Morgan fingerprint density at radius 1 is 1.05 bits per heavy atom. The van der Waals surface area contributed by atoms with E-state index >= 15 is 0 Å². The third-order valence-corrected chi connectivity index (χ3v) is 4.16. The van der Waals surface area contributed by atoms with E-state index in [4.69, 9.17) is 0 Å².